The van der Waals surface area contributed by atoms with Crippen LogP contribution in [-0.2, 0) is 6.54 Å². The van der Waals surface area contributed by atoms with Gasteiger partial charge < -0.3 is 15.0 Å². The van der Waals surface area contributed by atoms with Crippen LogP contribution < -0.4 is 15.0 Å². The Hall–Kier alpha value is -1.89. The van der Waals surface area contributed by atoms with E-state index in [1.165, 1.54) is 4.88 Å². The molecule has 0 amide bonds. The Morgan fingerprint density at radius 2 is 2.10 bits per heavy atom. The summed E-state index contributed by atoms with van der Waals surface area (Å²) in [5.41, 5.74) is 0. The third-order valence-electron chi connectivity index (χ3n) is 2.80. The first-order chi connectivity index (χ1) is 10.3. The van der Waals surface area contributed by atoms with Crippen LogP contribution in [0.15, 0.2) is 17.5 Å². The molecule has 21 heavy (non-hydrogen) atoms. The number of rotatable bonds is 8. The van der Waals surface area contributed by atoms with E-state index in [0.717, 1.165) is 19.6 Å². The van der Waals surface area contributed by atoms with E-state index in [9.17, 15) is 0 Å². The fraction of sp³-hybridized carbons (Fsp3) is 0.500. The number of ether oxygens (including phenoxy) is 1. The molecule has 0 atom stereocenters. The molecule has 7 heteroatoms. The largest absolute Gasteiger partial charge is 0.464 e. The lowest BCUT2D eigenvalue weighted by Crippen LogP contribution is -2.25. The third-order valence-corrected chi connectivity index (χ3v) is 3.66. The molecule has 2 aromatic heterocycles. The van der Waals surface area contributed by atoms with E-state index >= 15 is 0 Å². The normalized spacial score (nSPS) is 10.4. The number of aromatic nitrogens is 3. The highest BCUT2D eigenvalue weighted by molar-refractivity contribution is 7.09. The molecule has 0 spiro atoms. The molecule has 0 aromatic carbocycles. The van der Waals surface area contributed by atoms with Crippen LogP contribution in [0.5, 0.6) is 6.01 Å². The summed E-state index contributed by atoms with van der Waals surface area (Å²) in [4.78, 5) is 16.5. The molecule has 0 aliphatic carbocycles. The Morgan fingerprint density at radius 3 is 2.71 bits per heavy atom. The molecule has 0 unspecified atom stereocenters. The van der Waals surface area contributed by atoms with Crippen LogP contribution in [0.4, 0.5) is 11.9 Å². The summed E-state index contributed by atoms with van der Waals surface area (Å²) < 4.78 is 5.44. The zero-order valence-electron chi connectivity index (χ0n) is 12.7. The molecule has 6 nitrogen and oxygen atoms in total. The zero-order valence-corrected chi connectivity index (χ0v) is 13.5. The van der Waals surface area contributed by atoms with Crippen LogP contribution in [0.1, 0.15) is 25.6 Å². The molecule has 0 radical (unpaired) electrons. The van der Waals surface area contributed by atoms with Crippen LogP contribution in [0, 0.1) is 0 Å². The van der Waals surface area contributed by atoms with Gasteiger partial charge >= 0.3 is 6.01 Å². The lowest BCUT2D eigenvalue weighted by Gasteiger charge is -2.20. The zero-order chi connectivity index (χ0) is 15.1. The van der Waals surface area contributed by atoms with Gasteiger partial charge in [0, 0.05) is 18.0 Å². The fourth-order valence-corrected chi connectivity index (χ4v) is 2.55. The van der Waals surface area contributed by atoms with Gasteiger partial charge in [0.05, 0.1) is 13.2 Å². The Labute approximate surface area is 129 Å². The number of nitrogens with zero attached hydrogens (tertiary/aromatic N) is 4. The molecule has 0 bridgehead atoms. The van der Waals surface area contributed by atoms with Crippen molar-refractivity contribution in [2.24, 2.45) is 0 Å². The van der Waals surface area contributed by atoms with Gasteiger partial charge in [-0.2, -0.15) is 15.0 Å². The van der Waals surface area contributed by atoms with E-state index < -0.39 is 0 Å². The third kappa shape index (κ3) is 4.29. The molecular formula is C14H21N5OS. The molecule has 0 aliphatic heterocycles. The van der Waals surface area contributed by atoms with Crippen LogP contribution in [0.25, 0.3) is 0 Å². The first-order valence-corrected chi connectivity index (χ1v) is 8.04. The Kier molecular flexibility index (Phi) is 5.74. The van der Waals surface area contributed by atoms with E-state index in [4.69, 9.17) is 4.74 Å². The van der Waals surface area contributed by atoms with E-state index in [2.05, 4.69) is 49.6 Å². The van der Waals surface area contributed by atoms with Crippen molar-refractivity contribution in [3.8, 4) is 6.01 Å². The summed E-state index contributed by atoms with van der Waals surface area (Å²) in [6.45, 7) is 8.91. The Bertz CT molecular complexity index is 522. The predicted molar refractivity (Wildman–Crippen MR) is 86.2 cm³/mol. The summed E-state index contributed by atoms with van der Waals surface area (Å²) >= 11 is 1.73. The molecule has 114 valence electrons. The van der Waals surface area contributed by atoms with Gasteiger partial charge in [-0.25, -0.2) is 0 Å². The molecule has 2 heterocycles. The van der Waals surface area contributed by atoms with Crippen molar-refractivity contribution in [2.75, 3.05) is 29.9 Å². The van der Waals surface area contributed by atoms with Gasteiger partial charge in [-0.3, -0.25) is 0 Å². The first kappa shape index (κ1) is 15.5. The fourth-order valence-electron chi connectivity index (χ4n) is 1.83. The van der Waals surface area contributed by atoms with Crippen LogP contribution in [0.3, 0.4) is 0 Å². The van der Waals surface area contributed by atoms with Gasteiger partial charge in [0.2, 0.25) is 11.9 Å². The highest BCUT2D eigenvalue weighted by Gasteiger charge is 2.13. The smallest absolute Gasteiger partial charge is 0.323 e. The maximum absolute atomic E-state index is 5.44. The van der Waals surface area contributed by atoms with Crippen molar-refractivity contribution in [1.82, 2.24) is 15.0 Å². The molecule has 0 aliphatic rings. The molecule has 0 saturated heterocycles. The Morgan fingerprint density at radius 1 is 1.24 bits per heavy atom. The minimum absolute atomic E-state index is 0.364. The number of nitrogens with one attached hydrogen (secondary N) is 1. The Balaban J connectivity index is 2.25. The standard InChI is InChI=1S/C14H21N5OS/c1-4-15-12-16-13(18-14(17-12)20-6-3)19(5-2)10-11-8-7-9-21-11/h7-9H,4-6,10H2,1-3H3,(H,15,16,17,18). The van der Waals surface area contributed by atoms with Gasteiger partial charge in [0.25, 0.3) is 0 Å². The molecule has 1 N–H and O–H groups in total. The van der Waals surface area contributed by atoms with Crippen molar-refractivity contribution < 1.29 is 4.74 Å². The molecule has 0 saturated carbocycles. The average molecular weight is 307 g/mol. The van der Waals surface area contributed by atoms with Crippen molar-refractivity contribution in [3.05, 3.63) is 22.4 Å². The number of thiophene rings is 1. The SMILES string of the molecule is CCNc1nc(OCC)nc(N(CC)Cc2cccs2)n1. The van der Waals surface area contributed by atoms with Crippen molar-refractivity contribution >= 4 is 23.2 Å². The molecular weight excluding hydrogens is 286 g/mol. The van der Waals surface area contributed by atoms with Crippen LogP contribution in [0.2, 0.25) is 0 Å². The maximum Gasteiger partial charge on any atom is 0.323 e. The number of anilines is 2. The van der Waals surface area contributed by atoms with Crippen LogP contribution >= 0.6 is 11.3 Å². The van der Waals surface area contributed by atoms with Gasteiger partial charge in [-0.15, -0.1) is 11.3 Å². The highest BCUT2D eigenvalue weighted by Crippen LogP contribution is 2.19. The summed E-state index contributed by atoms with van der Waals surface area (Å²) in [7, 11) is 0. The molecule has 0 fully saturated rings. The lowest BCUT2D eigenvalue weighted by atomic mass is 10.4. The minimum atomic E-state index is 0.364. The quantitative estimate of drug-likeness (QED) is 0.809. The van der Waals surface area contributed by atoms with Crippen molar-refractivity contribution in [1.29, 1.82) is 0 Å². The van der Waals surface area contributed by atoms with Crippen LogP contribution in [-0.4, -0.2) is 34.6 Å². The second-order valence-corrected chi connectivity index (χ2v) is 5.33. The summed E-state index contributed by atoms with van der Waals surface area (Å²) in [6, 6.07) is 4.53. The predicted octanol–water partition coefficient (Wildman–Crippen LogP) is 2.79. The topological polar surface area (TPSA) is 63.2 Å². The van der Waals surface area contributed by atoms with E-state index in [1.807, 2.05) is 13.8 Å². The summed E-state index contributed by atoms with van der Waals surface area (Å²) in [5, 5.41) is 5.19. The summed E-state index contributed by atoms with van der Waals surface area (Å²) in [5.74, 6) is 1.19. The maximum atomic E-state index is 5.44. The monoisotopic (exact) mass is 307 g/mol. The van der Waals surface area contributed by atoms with Crippen molar-refractivity contribution in [2.45, 2.75) is 27.3 Å². The van der Waals surface area contributed by atoms with E-state index in [-0.39, 0.29) is 0 Å². The lowest BCUT2D eigenvalue weighted by molar-refractivity contribution is 0.312. The first-order valence-electron chi connectivity index (χ1n) is 7.16. The van der Waals surface area contributed by atoms with Gasteiger partial charge in [0.1, 0.15) is 0 Å². The average Bonchev–Trinajstić information content (AvgIpc) is 2.98. The van der Waals surface area contributed by atoms with Crippen molar-refractivity contribution in [3.63, 3.8) is 0 Å². The second-order valence-electron chi connectivity index (χ2n) is 4.30. The molecule has 2 rings (SSSR count). The molecule has 2 aromatic rings. The highest BCUT2D eigenvalue weighted by atomic mass is 32.1. The van der Waals surface area contributed by atoms with Gasteiger partial charge in [-0.05, 0) is 32.2 Å². The summed E-state index contributed by atoms with van der Waals surface area (Å²) in [6.07, 6.45) is 0. The van der Waals surface area contributed by atoms with Gasteiger partial charge in [0.15, 0.2) is 0 Å². The van der Waals surface area contributed by atoms with E-state index in [1.54, 1.807) is 11.3 Å². The second kappa shape index (κ2) is 7.78. The number of hydrogen-bond acceptors (Lipinski definition) is 7. The number of hydrogen-bond donors (Lipinski definition) is 1. The minimum Gasteiger partial charge on any atom is -0.464 e. The van der Waals surface area contributed by atoms with E-state index in [0.29, 0.717) is 24.5 Å². The van der Waals surface area contributed by atoms with Gasteiger partial charge in [-0.1, -0.05) is 6.07 Å².